The Morgan fingerprint density at radius 2 is 1.24 bits per heavy atom. The normalized spacial score (nSPS) is 10.6. The summed E-state index contributed by atoms with van der Waals surface area (Å²) in [5.41, 5.74) is 0. The van der Waals surface area contributed by atoms with Gasteiger partial charge >= 0.3 is 104 Å². The molecule has 0 unspecified atom stereocenters. The van der Waals surface area contributed by atoms with E-state index in [4.69, 9.17) is 11.3 Å². The van der Waals surface area contributed by atoms with Crippen molar-refractivity contribution in [2.24, 2.45) is 0 Å². The Morgan fingerprint density at radius 3 is 1.47 bits per heavy atom. The van der Waals surface area contributed by atoms with E-state index in [1.165, 1.54) is 20.8 Å². The molecule has 0 aliphatic heterocycles. The first-order valence-electron chi connectivity index (χ1n) is 5.40. The van der Waals surface area contributed by atoms with Crippen LogP contribution in [0.15, 0.2) is 0 Å². The number of carbonyl (C=O) groups is 3. The summed E-state index contributed by atoms with van der Waals surface area (Å²) >= 11 is -4.12. The fraction of sp³-hybridized carbons (Fsp3) is 0.700. The van der Waals surface area contributed by atoms with Crippen molar-refractivity contribution in [2.75, 3.05) is 0 Å². The Kier molecular flexibility index (Phi) is 6.86. The van der Waals surface area contributed by atoms with Crippen LogP contribution in [0.1, 0.15) is 40.5 Å². The average molecular weight is 307 g/mol. The molecule has 0 N–H and O–H groups in total. The third-order valence-corrected chi connectivity index (χ3v) is 7.53. The zero-order chi connectivity index (χ0) is 13.5. The van der Waals surface area contributed by atoms with Crippen molar-refractivity contribution in [3.63, 3.8) is 0 Å². The number of rotatable bonds is 6. The molecule has 0 aromatic carbocycles. The predicted molar refractivity (Wildman–Crippen MR) is 60.8 cm³/mol. The molecule has 0 bridgehead atoms. The average Bonchev–Trinajstić information content (AvgIpc) is 2.11. The van der Waals surface area contributed by atoms with Gasteiger partial charge in [0, 0.05) is 0 Å². The topological polar surface area (TPSA) is 78.9 Å². The molecule has 0 aromatic heterocycles. The van der Waals surface area contributed by atoms with Gasteiger partial charge in [-0.25, -0.2) is 0 Å². The van der Waals surface area contributed by atoms with E-state index in [1.54, 1.807) is 0 Å². The second-order valence-electron chi connectivity index (χ2n) is 3.57. The molecule has 0 heterocycles. The molecule has 0 radical (unpaired) electrons. The minimum absolute atomic E-state index is 0.301. The van der Waals surface area contributed by atoms with Crippen LogP contribution in [-0.4, -0.2) is 32.2 Å². The first kappa shape index (κ1) is 16.0. The van der Waals surface area contributed by atoms with Gasteiger partial charge in [-0.15, -0.1) is 0 Å². The van der Waals surface area contributed by atoms with Crippen molar-refractivity contribution in [2.45, 2.75) is 45.8 Å². The Hall–Kier alpha value is -1.05. The van der Waals surface area contributed by atoms with Gasteiger partial charge in [0.25, 0.3) is 0 Å². The molecule has 0 rings (SSSR count). The quantitative estimate of drug-likeness (QED) is 0.690. The van der Waals surface area contributed by atoms with Crippen LogP contribution in [-0.2, 0) is 25.7 Å². The van der Waals surface area contributed by atoms with Crippen LogP contribution in [0.3, 0.4) is 0 Å². The number of hydrogen-bond acceptors (Lipinski definition) is 6. The summed E-state index contributed by atoms with van der Waals surface area (Å²) in [6.07, 6.45) is 1.48. The summed E-state index contributed by atoms with van der Waals surface area (Å²) in [5, 5.41) is 0.301. The standard InChI is InChI=1S/C10H18GeO6/c1-5-6-7-11(15-8(2)12,16-9(3)13)17-10(4)14/h5-7H2,1-4H3. The fourth-order valence-corrected chi connectivity index (χ4v) is 6.58. The molecule has 0 atom stereocenters. The Balaban J connectivity index is 4.95. The van der Waals surface area contributed by atoms with Gasteiger partial charge in [-0.3, -0.25) is 0 Å². The Bertz CT molecular complexity index is 260. The van der Waals surface area contributed by atoms with Crippen LogP contribution < -0.4 is 0 Å². The van der Waals surface area contributed by atoms with E-state index in [2.05, 4.69) is 0 Å². The predicted octanol–water partition coefficient (Wildman–Crippen LogP) is 1.41. The summed E-state index contributed by atoms with van der Waals surface area (Å²) in [6.45, 7) is 5.51. The number of hydrogen-bond donors (Lipinski definition) is 0. The molecular formula is C10H18GeO6. The zero-order valence-corrected chi connectivity index (χ0v) is 12.7. The fourth-order valence-electron chi connectivity index (χ4n) is 1.27. The Labute approximate surface area is 104 Å². The van der Waals surface area contributed by atoms with Crippen molar-refractivity contribution >= 4 is 32.2 Å². The molecule has 17 heavy (non-hydrogen) atoms. The van der Waals surface area contributed by atoms with Crippen LogP contribution in [0.25, 0.3) is 0 Å². The third kappa shape index (κ3) is 6.98. The molecular weight excluding hydrogens is 289 g/mol. The van der Waals surface area contributed by atoms with E-state index < -0.39 is 32.2 Å². The molecule has 0 fully saturated rings. The van der Waals surface area contributed by atoms with Crippen molar-refractivity contribution in [3.05, 3.63) is 0 Å². The second-order valence-corrected chi connectivity index (χ2v) is 8.77. The van der Waals surface area contributed by atoms with Crippen LogP contribution in [0.4, 0.5) is 0 Å². The minimum atomic E-state index is -4.12. The summed E-state index contributed by atoms with van der Waals surface area (Å²) in [5.74, 6) is -1.82. The summed E-state index contributed by atoms with van der Waals surface area (Å²) < 4.78 is 15.1. The van der Waals surface area contributed by atoms with E-state index in [1.807, 2.05) is 6.92 Å². The monoisotopic (exact) mass is 308 g/mol. The van der Waals surface area contributed by atoms with Gasteiger partial charge in [0.1, 0.15) is 0 Å². The summed E-state index contributed by atoms with van der Waals surface area (Å²) in [4.78, 5) is 33.1. The van der Waals surface area contributed by atoms with Crippen molar-refractivity contribution in [1.29, 1.82) is 0 Å². The number of carbonyl (C=O) groups excluding carboxylic acids is 3. The van der Waals surface area contributed by atoms with Crippen molar-refractivity contribution in [3.8, 4) is 0 Å². The SMILES string of the molecule is CCC[CH2][Ge]([O]C(C)=O)([O]C(C)=O)[O]C(C)=O. The van der Waals surface area contributed by atoms with Crippen LogP contribution >= 0.6 is 0 Å². The van der Waals surface area contributed by atoms with Crippen LogP contribution in [0.2, 0.25) is 5.25 Å². The molecule has 0 aromatic rings. The number of unbranched alkanes of at least 4 members (excludes halogenated alkanes) is 1. The maximum atomic E-state index is 11.0. The van der Waals surface area contributed by atoms with E-state index in [0.29, 0.717) is 11.7 Å². The maximum absolute atomic E-state index is 11.0. The van der Waals surface area contributed by atoms with E-state index in [-0.39, 0.29) is 0 Å². The molecule has 0 amide bonds. The van der Waals surface area contributed by atoms with Gasteiger partial charge < -0.3 is 0 Å². The molecule has 6 nitrogen and oxygen atoms in total. The second kappa shape index (κ2) is 7.31. The molecule has 0 saturated carbocycles. The van der Waals surface area contributed by atoms with Gasteiger partial charge in [0.2, 0.25) is 0 Å². The van der Waals surface area contributed by atoms with Gasteiger partial charge in [-0.05, 0) is 0 Å². The van der Waals surface area contributed by atoms with Crippen molar-refractivity contribution < 1.29 is 25.7 Å². The van der Waals surface area contributed by atoms with Crippen LogP contribution in [0, 0.1) is 0 Å². The molecule has 98 valence electrons. The van der Waals surface area contributed by atoms with Gasteiger partial charge in [-0.2, -0.15) is 0 Å². The van der Waals surface area contributed by atoms with E-state index in [9.17, 15) is 14.4 Å². The molecule has 7 heteroatoms. The van der Waals surface area contributed by atoms with E-state index in [0.717, 1.165) is 6.42 Å². The van der Waals surface area contributed by atoms with Gasteiger partial charge in [0.15, 0.2) is 0 Å². The molecule has 0 saturated heterocycles. The van der Waals surface area contributed by atoms with Gasteiger partial charge in [-0.1, -0.05) is 0 Å². The third-order valence-electron chi connectivity index (χ3n) is 1.73. The summed E-state index contributed by atoms with van der Waals surface area (Å²) in [6, 6.07) is 0. The van der Waals surface area contributed by atoms with Gasteiger partial charge in [0.05, 0.1) is 0 Å². The zero-order valence-electron chi connectivity index (χ0n) is 10.6. The first-order valence-corrected chi connectivity index (χ1v) is 9.45. The summed E-state index contributed by atoms with van der Waals surface area (Å²) in [7, 11) is 0. The Morgan fingerprint density at radius 1 is 0.882 bits per heavy atom. The van der Waals surface area contributed by atoms with Crippen LogP contribution in [0.5, 0.6) is 0 Å². The molecule has 0 aliphatic rings. The molecule has 0 spiro atoms. The first-order chi connectivity index (χ1) is 7.81. The molecule has 0 aliphatic carbocycles. The van der Waals surface area contributed by atoms with Crippen molar-refractivity contribution in [1.82, 2.24) is 0 Å². The van der Waals surface area contributed by atoms with E-state index >= 15 is 0 Å².